The molecule has 10 heteroatoms. The first-order valence-corrected chi connectivity index (χ1v) is 8.48. The normalized spacial score (nSPS) is 10.5. The highest BCUT2D eigenvalue weighted by molar-refractivity contribution is 7.13. The first-order valence-electron chi connectivity index (χ1n) is 7.60. The number of carbonyl (C=O) groups is 1. The fraction of sp³-hybridized carbons (Fsp3) is 0.0588. The van der Waals surface area contributed by atoms with Crippen molar-refractivity contribution in [2.45, 2.75) is 6.92 Å². The molecule has 3 aromatic rings. The van der Waals surface area contributed by atoms with Gasteiger partial charge in [-0.3, -0.25) is 15.1 Å². The number of nitrogens with two attached hydrogens (primary N) is 1. The molecule has 9 nitrogen and oxygen atoms in total. The third-order valence-electron chi connectivity index (χ3n) is 3.20. The maximum absolute atomic E-state index is 12.6. The zero-order valence-electron chi connectivity index (χ0n) is 14.1. The van der Waals surface area contributed by atoms with Gasteiger partial charge in [0.2, 0.25) is 0 Å². The molecule has 0 saturated heterocycles. The lowest BCUT2D eigenvalue weighted by Gasteiger charge is -2.09. The summed E-state index contributed by atoms with van der Waals surface area (Å²) >= 11 is 1.31. The van der Waals surface area contributed by atoms with E-state index in [0.29, 0.717) is 16.4 Å². The third kappa shape index (κ3) is 4.42. The second-order valence-corrected chi connectivity index (χ2v) is 6.05. The molecule has 0 aromatic carbocycles. The van der Waals surface area contributed by atoms with E-state index in [1.807, 2.05) is 18.4 Å². The molecule has 0 saturated carbocycles. The molecule has 0 aliphatic rings. The van der Waals surface area contributed by atoms with E-state index in [1.165, 1.54) is 42.1 Å². The number of anilines is 1. The van der Waals surface area contributed by atoms with E-state index in [4.69, 9.17) is 15.7 Å². The minimum Gasteiger partial charge on any atom is -0.454 e. The highest BCUT2D eigenvalue weighted by Crippen LogP contribution is 2.27. The minimum atomic E-state index is -0.452. The Bertz CT molecular complexity index is 1060. The standard InChI is InChI=1S/C17H13N7O2S.H2/c1-10-8-27-17(23-10)24-16(25)14-3-13(7-21-15(14)22-9-19)26-12-2-11(4-18)5-20-6-12;/h2-3,5-9H,1H3,(H2,19,21,22)(H,23,24,25);1H. The van der Waals surface area contributed by atoms with Crippen molar-refractivity contribution in [1.29, 1.82) is 5.26 Å². The monoisotopic (exact) mass is 381 g/mol. The lowest BCUT2D eigenvalue weighted by molar-refractivity contribution is 0.102. The molecular formula is C17H15N7O2S. The molecule has 27 heavy (non-hydrogen) atoms. The van der Waals surface area contributed by atoms with Gasteiger partial charge in [0.05, 0.1) is 35.6 Å². The van der Waals surface area contributed by atoms with Crippen LogP contribution in [-0.4, -0.2) is 27.2 Å². The SMILES string of the molecule is Cc1csc(NC(=O)c2cc(Oc3cncc(C#N)c3)cnc2/N=C\N)n1.[HH]. The topological polar surface area (TPSA) is 139 Å². The summed E-state index contributed by atoms with van der Waals surface area (Å²) in [5.74, 6) is 0.308. The molecule has 1 amide bonds. The number of nitrogens with zero attached hydrogens (tertiary/aromatic N) is 5. The Labute approximate surface area is 159 Å². The lowest BCUT2D eigenvalue weighted by atomic mass is 10.2. The van der Waals surface area contributed by atoms with Gasteiger partial charge in [-0.05, 0) is 13.0 Å². The summed E-state index contributed by atoms with van der Waals surface area (Å²) in [6.07, 6.45) is 5.31. The largest absolute Gasteiger partial charge is 0.454 e. The maximum Gasteiger partial charge on any atom is 0.261 e. The molecule has 0 bridgehead atoms. The number of nitrogens with one attached hydrogen (secondary N) is 1. The van der Waals surface area contributed by atoms with Crippen LogP contribution in [0.4, 0.5) is 10.9 Å². The Morgan fingerprint density at radius 2 is 2.22 bits per heavy atom. The van der Waals surface area contributed by atoms with E-state index in [9.17, 15) is 4.79 Å². The molecule has 3 rings (SSSR count). The minimum absolute atomic E-state index is 0. The van der Waals surface area contributed by atoms with Crippen LogP contribution in [0.5, 0.6) is 11.5 Å². The summed E-state index contributed by atoms with van der Waals surface area (Å²) in [7, 11) is 0. The fourth-order valence-corrected chi connectivity index (χ4v) is 2.77. The van der Waals surface area contributed by atoms with Gasteiger partial charge in [0.25, 0.3) is 5.91 Å². The third-order valence-corrected chi connectivity index (χ3v) is 4.08. The van der Waals surface area contributed by atoms with Gasteiger partial charge in [-0.1, -0.05) is 0 Å². The van der Waals surface area contributed by atoms with Crippen LogP contribution in [0.3, 0.4) is 0 Å². The van der Waals surface area contributed by atoms with Crippen molar-refractivity contribution in [2.75, 3.05) is 5.32 Å². The molecule has 3 N–H and O–H groups in total. The number of hydrogen-bond acceptors (Lipinski definition) is 8. The van der Waals surface area contributed by atoms with Gasteiger partial charge in [0, 0.05) is 19.1 Å². The fourth-order valence-electron chi connectivity index (χ4n) is 2.08. The zero-order chi connectivity index (χ0) is 19.2. The van der Waals surface area contributed by atoms with Crippen molar-refractivity contribution >= 4 is 34.5 Å². The van der Waals surface area contributed by atoms with Crippen LogP contribution in [0.1, 0.15) is 23.0 Å². The number of aromatic nitrogens is 3. The van der Waals surface area contributed by atoms with Gasteiger partial charge < -0.3 is 10.5 Å². The maximum atomic E-state index is 12.6. The number of amides is 1. The number of aryl methyl sites for hydroxylation is 1. The van der Waals surface area contributed by atoms with Crippen LogP contribution >= 0.6 is 11.3 Å². The Morgan fingerprint density at radius 3 is 2.93 bits per heavy atom. The molecule has 0 aliphatic carbocycles. The molecule has 0 spiro atoms. The molecule has 0 fully saturated rings. The van der Waals surface area contributed by atoms with Crippen LogP contribution < -0.4 is 15.8 Å². The molecule has 3 aromatic heterocycles. The van der Waals surface area contributed by atoms with Crippen molar-refractivity contribution in [3.63, 3.8) is 0 Å². The van der Waals surface area contributed by atoms with E-state index in [2.05, 4.69) is 25.3 Å². The predicted octanol–water partition coefficient (Wildman–Crippen LogP) is 3.02. The number of pyridine rings is 2. The molecular weight excluding hydrogens is 366 g/mol. The van der Waals surface area contributed by atoms with Crippen LogP contribution in [0, 0.1) is 18.3 Å². The van der Waals surface area contributed by atoms with Crippen LogP contribution in [0.25, 0.3) is 0 Å². The molecule has 0 aliphatic heterocycles. The highest BCUT2D eigenvalue weighted by atomic mass is 32.1. The van der Waals surface area contributed by atoms with Gasteiger partial charge in [-0.2, -0.15) is 5.26 Å². The average Bonchev–Trinajstić information content (AvgIpc) is 3.08. The molecule has 0 atom stereocenters. The van der Waals surface area contributed by atoms with Gasteiger partial charge in [0.1, 0.15) is 17.6 Å². The molecule has 0 unspecified atom stereocenters. The molecule has 136 valence electrons. The van der Waals surface area contributed by atoms with Gasteiger partial charge >= 0.3 is 0 Å². The first kappa shape index (κ1) is 18.0. The van der Waals surface area contributed by atoms with E-state index in [1.54, 1.807) is 0 Å². The van der Waals surface area contributed by atoms with Crippen molar-refractivity contribution in [2.24, 2.45) is 10.7 Å². The molecule has 0 radical (unpaired) electrons. The summed E-state index contributed by atoms with van der Waals surface area (Å²) < 4.78 is 5.65. The Hall–Kier alpha value is -3.84. The van der Waals surface area contributed by atoms with Crippen molar-refractivity contribution in [3.8, 4) is 17.6 Å². The molecule has 3 heterocycles. The van der Waals surface area contributed by atoms with E-state index in [0.717, 1.165) is 12.0 Å². The van der Waals surface area contributed by atoms with E-state index >= 15 is 0 Å². The van der Waals surface area contributed by atoms with Crippen molar-refractivity contribution in [3.05, 3.63) is 52.9 Å². The second-order valence-electron chi connectivity index (χ2n) is 5.19. The summed E-state index contributed by atoms with van der Waals surface area (Å²) in [6, 6.07) is 4.98. The number of rotatable bonds is 5. The van der Waals surface area contributed by atoms with Crippen molar-refractivity contribution in [1.82, 2.24) is 15.0 Å². The Kier molecular flexibility index (Phi) is 5.34. The van der Waals surface area contributed by atoms with Crippen LogP contribution in [0.2, 0.25) is 0 Å². The van der Waals surface area contributed by atoms with Crippen molar-refractivity contribution < 1.29 is 11.0 Å². The average molecular weight is 381 g/mol. The quantitative estimate of drug-likeness (QED) is 0.511. The Morgan fingerprint density at radius 1 is 1.41 bits per heavy atom. The summed E-state index contributed by atoms with van der Waals surface area (Å²) in [5, 5.41) is 13.9. The first-order chi connectivity index (χ1) is 13.1. The Balaban J connectivity index is 0.00000280. The number of ether oxygens (including phenoxy) is 1. The second kappa shape index (κ2) is 8.03. The predicted molar refractivity (Wildman–Crippen MR) is 103 cm³/mol. The summed E-state index contributed by atoms with van der Waals surface area (Å²) in [5.41, 5.74) is 6.64. The number of hydrogen-bond donors (Lipinski definition) is 2. The number of thiazole rings is 1. The number of nitriles is 1. The highest BCUT2D eigenvalue weighted by Gasteiger charge is 2.16. The van der Waals surface area contributed by atoms with Crippen LogP contribution in [0.15, 0.2) is 41.1 Å². The number of carbonyl (C=O) groups excluding carboxylic acids is 1. The smallest absolute Gasteiger partial charge is 0.261 e. The lowest BCUT2D eigenvalue weighted by Crippen LogP contribution is -2.13. The van der Waals surface area contributed by atoms with Gasteiger partial charge in [-0.15, -0.1) is 11.3 Å². The van der Waals surface area contributed by atoms with Gasteiger partial charge in [-0.25, -0.2) is 15.0 Å². The zero-order valence-corrected chi connectivity index (χ0v) is 14.9. The van der Waals surface area contributed by atoms with E-state index < -0.39 is 5.91 Å². The van der Waals surface area contributed by atoms with Crippen LogP contribution in [-0.2, 0) is 0 Å². The number of aliphatic imine (C=N–C) groups is 1. The van der Waals surface area contributed by atoms with E-state index in [-0.39, 0.29) is 18.6 Å². The summed E-state index contributed by atoms with van der Waals surface area (Å²) in [4.78, 5) is 28.7. The van der Waals surface area contributed by atoms with Gasteiger partial charge in [0.15, 0.2) is 10.9 Å². The summed E-state index contributed by atoms with van der Waals surface area (Å²) in [6.45, 7) is 1.83.